The first-order valence-electron chi connectivity index (χ1n) is 5.58. The predicted octanol–water partition coefficient (Wildman–Crippen LogP) is 0.729. The van der Waals surface area contributed by atoms with Crippen molar-refractivity contribution in [2.75, 3.05) is 27.2 Å². The molecule has 0 fully saturated rings. The minimum Gasteiger partial charge on any atom is -0.308 e. The number of nitrogens with zero attached hydrogens (tertiary/aromatic N) is 1. The summed E-state index contributed by atoms with van der Waals surface area (Å²) < 4.78 is 26.4. The number of nitrogens with one attached hydrogen (secondary N) is 1. The standard InChI is InChI=1S/C12H18N2O3S/c1-10(15)11-5-4-6-12(9-11)18(16,17)13-7-8-14(2)3/h4-6,9,13H,7-8H2,1-3H3. The third kappa shape index (κ3) is 4.21. The van der Waals surface area contributed by atoms with Gasteiger partial charge in [0.05, 0.1) is 4.90 Å². The maximum absolute atomic E-state index is 11.9. The van der Waals surface area contributed by atoms with Crippen LogP contribution in [-0.2, 0) is 10.0 Å². The van der Waals surface area contributed by atoms with Gasteiger partial charge in [0.2, 0.25) is 10.0 Å². The minimum absolute atomic E-state index is 0.119. The lowest BCUT2D eigenvalue weighted by atomic mass is 10.2. The Morgan fingerprint density at radius 3 is 2.56 bits per heavy atom. The lowest BCUT2D eigenvalue weighted by Crippen LogP contribution is -2.31. The van der Waals surface area contributed by atoms with E-state index in [9.17, 15) is 13.2 Å². The van der Waals surface area contributed by atoms with Gasteiger partial charge in [-0.1, -0.05) is 12.1 Å². The van der Waals surface area contributed by atoms with Crippen LogP contribution in [-0.4, -0.2) is 46.3 Å². The summed E-state index contributed by atoms with van der Waals surface area (Å²) in [6.07, 6.45) is 0. The van der Waals surface area contributed by atoms with Gasteiger partial charge in [-0.3, -0.25) is 4.79 Å². The molecule has 1 aromatic carbocycles. The normalized spacial score (nSPS) is 11.8. The highest BCUT2D eigenvalue weighted by Crippen LogP contribution is 2.11. The molecule has 0 spiro atoms. The number of likely N-dealkylation sites (N-methyl/N-ethyl adjacent to an activating group) is 1. The topological polar surface area (TPSA) is 66.5 Å². The zero-order valence-electron chi connectivity index (χ0n) is 10.8. The van der Waals surface area contributed by atoms with E-state index in [0.717, 1.165) is 0 Å². The molecule has 0 aromatic heterocycles. The zero-order valence-corrected chi connectivity index (χ0v) is 11.6. The maximum Gasteiger partial charge on any atom is 0.240 e. The van der Waals surface area contributed by atoms with Gasteiger partial charge in [0.1, 0.15) is 0 Å². The molecule has 0 bridgehead atoms. The molecule has 0 unspecified atom stereocenters. The number of Topliss-reactive ketones (excluding diaryl/α,β-unsaturated/α-hetero) is 1. The Hall–Kier alpha value is -1.24. The van der Waals surface area contributed by atoms with E-state index in [4.69, 9.17) is 0 Å². The molecule has 1 N–H and O–H groups in total. The van der Waals surface area contributed by atoms with Gasteiger partial charge in [0, 0.05) is 18.7 Å². The molecule has 0 saturated heterocycles. The molecular weight excluding hydrogens is 252 g/mol. The largest absolute Gasteiger partial charge is 0.308 e. The second-order valence-corrected chi connectivity index (χ2v) is 6.05. The third-order valence-corrected chi connectivity index (χ3v) is 3.86. The average Bonchev–Trinajstić information content (AvgIpc) is 2.28. The van der Waals surface area contributed by atoms with Crippen molar-refractivity contribution in [1.82, 2.24) is 9.62 Å². The number of carbonyl (C=O) groups excluding carboxylic acids is 1. The van der Waals surface area contributed by atoms with Gasteiger partial charge < -0.3 is 4.90 Å². The molecule has 0 radical (unpaired) electrons. The number of carbonyl (C=O) groups is 1. The average molecular weight is 270 g/mol. The molecule has 1 rings (SSSR count). The smallest absolute Gasteiger partial charge is 0.240 e. The summed E-state index contributed by atoms with van der Waals surface area (Å²) in [5.41, 5.74) is 0.394. The van der Waals surface area contributed by atoms with Gasteiger partial charge in [-0.25, -0.2) is 13.1 Å². The number of hydrogen-bond acceptors (Lipinski definition) is 4. The Morgan fingerprint density at radius 2 is 2.00 bits per heavy atom. The highest BCUT2D eigenvalue weighted by molar-refractivity contribution is 7.89. The highest BCUT2D eigenvalue weighted by Gasteiger charge is 2.14. The van der Waals surface area contributed by atoms with Crippen molar-refractivity contribution in [3.63, 3.8) is 0 Å². The van der Waals surface area contributed by atoms with Crippen LogP contribution in [0.2, 0.25) is 0 Å². The van der Waals surface area contributed by atoms with Crippen LogP contribution >= 0.6 is 0 Å². The van der Waals surface area contributed by atoms with Crippen molar-refractivity contribution in [1.29, 1.82) is 0 Å². The predicted molar refractivity (Wildman–Crippen MR) is 70.2 cm³/mol. The molecule has 0 aliphatic rings. The van der Waals surface area contributed by atoms with Crippen molar-refractivity contribution < 1.29 is 13.2 Å². The van der Waals surface area contributed by atoms with Crippen LogP contribution in [0, 0.1) is 0 Å². The Kier molecular flexibility index (Phi) is 5.01. The van der Waals surface area contributed by atoms with Crippen LogP contribution < -0.4 is 4.72 Å². The van der Waals surface area contributed by atoms with E-state index < -0.39 is 10.0 Å². The molecule has 100 valence electrons. The molecular formula is C12H18N2O3S. The molecule has 0 heterocycles. The second kappa shape index (κ2) is 6.08. The third-order valence-electron chi connectivity index (χ3n) is 2.40. The van der Waals surface area contributed by atoms with Gasteiger partial charge in [-0.15, -0.1) is 0 Å². The summed E-state index contributed by atoms with van der Waals surface area (Å²) in [7, 11) is 0.191. The molecule has 0 aliphatic carbocycles. The van der Waals surface area contributed by atoms with E-state index in [1.54, 1.807) is 12.1 Å². The summed E-state index contributed by atoms with van der Waals surface area (Å²) >= 11 is 0. The summed E-state index contributed by atoms with van der Waals surface area (Å²) in [5, 5.41) is 0. The van der Waals surface area contributed by atoms with Gasteiger partial charge >= 0.3 is 0 Å². The molecule has 0 saturated carbocycles. The van der Waals surface area contributed by atoms with Gasteiger partial charge in [0.15, 0.2) is 5.78 Å². The van der Waals surface area contributed by atoms with E-state index >= 15 is 0 Å². The van der Waals surface area contributed by atoms with E-state index in [1.807, 2.05) is 19.0 Å². The minimum atomic E-state index is -3.54. The van der Waals surface area contributed by atoms with Crippen molar-refractivity contribution in [2.45, 2.75) is 11.8 Å². The summed E-state index contributed by atoms with van der Waals surface area (Å²) in [4.78, 5) is 13.2. The fourth-order valence-electron chi connectivity index (χ4n) is 1.37. The lowest BCUT2D eigenvalue weighted by Gasteiger charge is -2.11. The van der Waals surface area contributed by atoms with Crippen molar-refractivity contribution in [3.8, 4) is 0 Å². The SMILES string of the molecule is CC(=O)c1cccc(S(=O)(=O)NCCN(C)C)c1. The monoisotopic (exact) mass is 270 g/mol. The van der Waals surface area contributed by atoms with Crippen LogP contribution in [0.25, 0.3) is 0 Å². The fourth-order valence-corrected chi connectivity index (χ4v) is 2.44. The van der Waals surface area contributed by atoms with Gasteiger partial charge in [-0.2, -0.15) is 0 Å². The number of hydrogen-bond donors (Lipinski definition) is 1. The lowest BCUT2D eigenvalue weighted by molar-refractivity contribution is 0.101. The Morgan fingerprint density at radius 1 is 1.33 bits per heavy atom. The molecule has 18 heavy (non-hydrogen) atoms. The molecule has 6 heteroatoms. The summed E-state index contributed by atoms with van der Waals surface area (Å²) in [6.45, 7) is 2.36. The first-order valence-corrected chi connectivity index (χ1v) is 7.06. The molecule has 0 amide bonds. The van der Waals surface area contributed by atoms with E-state index in [2.05, 4.69) is 4.72 Å². The van der Waals surface area contributed by atoms with Crippen molar-refractivity contribution >= 4 is 15.8 Å². The van der Waals surface area contributed by atoms with Crippen LogP contribution in [0.4, 0.5) is 0 Å². The van der Waals surface area contributed by atoms with E-state index in [0.29, 0.717) is 18.7 Å². The second-order valence-electron chi connectivity index (χ2n) is 4.29. The van der Waals surface area contributed by atoms with Crippen molar-refractivity contribution in [2.24, 2.45) is 0 Å². The molecule has 1 aromatic rings. The summed E-state index contributed by atoms with van der Waals surface area (Å²) in [6, 6.07) is 6.03. The van der Waals surface area contributed by atoms with Crippen LogP contribution in [0.3, 0.4) is 0 Å². The van der Waals surface area contributed by atoms with Crippen LogP contribution in [0.15, 0.2) is 29.2 Å². The highest BCUT2D eigenvalue weighted by atomic mass is 32.2. The first-order chi connectivity index (χ1) is 8.33. The number of rotatable bonds is 6. The van der Waals surface area contributed by atoms with E-state index in [-0.39, 0.29) is 10.7 Å². The first kappa shape index (κ1) is 14.8. The summed E-state index contributed by atoms with van der Waals surface area (Å²) in [5.74, 6) is -0.152. The number of ketones is 1. The molecule has 0 aliphatic heterocycles. The Balaban J connectivity index is 2.85. The van der Waals surface area contributed by atoms with Crippen LogP contribution in [0.5, 0.6) is 0 Å². The number of benzene rings is 1. The Labute approximate surface area is 108 Å². The van der Waals surface area contributed by atoms with E-state index in [1.165, 1.54) is 19.1 Å². The Bertz CT molecular complexity index is 524. The fraction of sp³-hybridized carbons (Fsp3) is 0.417. The number of sulfonamides is 1. The van der Waals surface area contributed by atoms with Crippen molar-refractivity contribution in [3.05, 3.63) is 29.8 Å². The van der Waals surface area contributed by atoms with Gasteiger partial charge in [-0.05, 0) is 33.2 Å². The zero-order chi connectivity index (χ0) is 13.8. The molecule has 5 nitrogen and oxygen atoms in total. The van der Waals surface area contributed by atoms with Gasteiger partial charge in [0.25, 0.3) is 0 Å². The van der Waals surface area contributed by atoms with Crippen LogP contribution in [0.1, 0.15) is 17.3 Å². The maximum atomic E-state index is 11.9. The molecule has 0 atom stereocenters. The quantitative estimate of drug-likeness (QED) is 0.774.